The van der Waals surface area contributed by atoms with Crippen LogP contribution < -0.4 is 5.32 Å². The Kier molecular flexibility index (Phi) is 6.18. The summed E-state index contributed by atoms with van der Waals surface area (Å²) in [7, 11) is 3.18. The number of hydrazone groups is 1. The second-order valence-corrected chi connectivity index (χ2v) is 6.79. The number of likely N-dealkylation sites (tertiary alicyclic amines) is 1. The van der Waals surface area contributed by atoms with Crippen molar-refractivity contribution in [3.8, 4) is 0 Å². The lowest BCUT2D eigenvalue weighted by atomic mass is 9.94. The Bertz CT molecular complexity index is 743. The minimum absolute atomic E-state index is 0.0182. The summed E-state index contributed by atoms with van der Waals surface area (Å²) in [5.41, 5.74) is 0.0182. The Morgan fingerprint density at radius 3 is 2.76 bits per heavy atom. The highest BCUT2D eigenvalue weighted by atomic mass is 79.9. The van der Waals surface area contributed by atoms with Gasteiger partial charge in [-0.15, -0.1) is 0 Å². The number of hydrogen-bond donors (Lipinski definition) is 1. The summed E-state index contributed by atoms with van der Waals surface area (Å²) in [6, 6.07) is 5.77. The van der Waals surface area contributed by atoms with Crippen molar-refractivity contribution in [2.24, 2.45) is 16.9 Å². The largest absolute Gasteiger partial charge is 0.344 e. The van der Waals surface area contributed by atoms with Gasteiger partial charge in [-0.25, -0.2) is 4.39 Å². The molecule has 1 saturated heterocycles. The number of carbonyl (C=O) groups excluding carboxylic acids is 2. The molecule has 1 fully saturated rings. The van der Waals surface area contributed by atoms with Gasteiger partial charge in [-0.2, -0.15) is 5.10 Å². The molecule has 25 heavy (non-hydrogen) atoms. The Morgan fingerprint density at radius 1 is 1.52 bits per heavy atom. The van der Waals surface area contributed by atoms with Crippen molar-refractivity contribution >= 4 is 51.8 Å². The summed E-state index contributed by atoms with van der Waals surface area (Å²) < 4.78 is 14.2. The molecule has 0 saturated carbocycles. The number of para-hydroxylation sites is 1. The maximum absolute atomic E-state index is 13.8. The average Bonchev–Trinajstić information content (AvgIpc) is 2.90. The van der Waals surface area contributed by atoms with E-state index in [0.717, 1.165) is 0 Å². The van der Waals surface area contributed by atoms with Crippen molar-refractivity contribution in [2.75, 3.05) is 26.0 Å². The van der Waals surface area contributed by atoms with E-state index in [9.17, 15) is 14.0 Å². The topological polar surface area (TPSA) is 65.0 Å². The summed E-state index contributed by atoms with van der Waals surface area (Å²) in [4.78, 5) is 26.5. The normalized spacial score (nSPS) is 21.0. The summed E-state index contributed by atoms with van der Waals surface area (Å²) in [5, 5.41) is 7.69. The van der Waals surface area contributed by atoms with E-state index in [1.165, 1.54) is 28.1 Å². The van der Waals surface area contributed by atoms with Crippen LogP contribution in [0.3, 0.4) is 0 Å². The maximum Gasteiger partial charge on any atom is 0.237 e. The van der Waals surface area contributed by atoms with Crippen LogP contribution in [0.5, 0.6) is 0 Å². The molecule has 9 heteroatoms. The van der Waals surface area contributed by atoms with Gasteiger partial charge in [0.15, 0.2) is 0 Å². The summed E-state index contributed by atoms with van der Waals surface area (Å²) in [6.07, 6.45) is 0. The van der Waals surface area contributed by atoms with Crippen LogP contribution in [-0.2, 0) is 9.59 Å². The molecule has 1 N–H and O–H groups in total. The van der Waals surface area contributed by atoms with E-state index in [1.807, 2.05) is 0 Å². The van der Waals surface area contributed by atoms with Crippen molar-refractivity contribution in [1.29, 1.82) is 0 Å². The zero-order valence-electron chi connectivity index (χ0n) is 13.7. The van der Waals surface area contributed by atoms with Crippen molar-refractivity contribution in [3.05, 3.63) is 39.7 Å². The molecular weight excluding hydrogens is 415 g/mol. The number of halogens is 3. The molecule has 0 bridgehead atoms. The maximum atomic E-state index is 13.8. The molecule has 2 amide bonds. The van der Waals surface area contributed by atoms with E-state index >= 15 is 0 Å². The molecule has 134 valence electrons. The van der Waals surface area contributed by atoms with Crippen molar-refractivity contribution < 1.29 is 14.0 Å². The van der Waals surface area contributed by atoms with Crippen LogP contribution in [0, 0.1) is 17.7 Å². The number of carbonyl (C=O) groups is 2. The lowest BCUT2D eigenvalue weighted by Crippen LogP contribution is -2.33. The number of hydrogen-bond acceptors (Lipinski definition) is 4. The Labute approximate surface area is 158 Å². The molecule has 2 atom stereocenters. The zero-order chi connectivity index (χ0) is 18.7. The molecule has 0 unspecified atom stereocenters. The lowest BCUT2D eigenvalue weighted by molar-refractivity contribution is -0.135. The van der Waals surface area contributed by atoms with Crippen LogP contribution in [0.2, 0.25) is 0 Å². The molecule has 1 aliphatic rings. The monoisotopic (exact) mass is 430 g/mol. The average molecular weight is 432 g/mol. The first-order chi connectivity index (χ1) is 11.8. The third-order valence-corrected chi connectivity index (χ3v) is 5.59. The molecule has 2 rings (SSSR count). The van der Waals surface area contributed by atoms with E-state index in [2.05, 4.69) is 33.1 Å². The predicted molar refractivity (Wildman–Crippen MR) is 98.8 cm³/mol. The highest BCUT2D eigenvalue weighted by molar-refractivity contribution is 9.11. The molecule has 1 aromatic rings. The molecule has 1 aliphatic heterocycles. The minimum atomic E-state index is -1.04. The van der Waals surface area contributed by atoms with Gasteiger partial charge in [0.2, 0.25) is 11.8 Å². The molecule has 1 heterocycles. The van der Waals surface area contributed by atoms with E-state index in [4.69, 9.17) is 11.6 Å². The van der Waals surface area contributed by atoms with Crippen LogP contribution >= 0.6 is 27.5 Å². The number of amides is 2. The second kappa shape index (κ2) is 7.97. The minimum Gasteiger partial charge on any atom is -0.344 e. The number of benzene rings is 1. The van der Waals surface area contributed by atoms with Gasteiger partial charge < -0.3 is 10.2 Å². The van der Waals surface area contributed by atoms with Crippen LogP contribution in [0.25, 0.3) is 0 Å². The summed E-state index contributed by atoms with van der Waals surface area (Å²) >= 11 is 9.58. The first-order valence-electron chi connectivity index (χ1n) is 7.33. The highest BCUT2D eigenvalue weighted by Crippen LogP contribution is 2.37. The van der Waals surface area contributed by atoms with Gasteiger partial charge in [-0.3, -0.25) is 14.6 Å². The summed E-state index contributed by atoms with van der Waals surface area (Å²) in [5.74, 6) is -3.10. The van der Waals surface area contributed by atoms with Gasteiger partial charge in [0.1, 0.15) is 16.9 Å². The van der Waals surface area contributed by atoms with Gasteiger partial charge in [-0.1, -0.05) is 39.7 Å². The fraction of sp³-hybridized carbons (Fsp3) is 0.312. The van der Waals surface area contributed by atoms with Gasteiger partial charge >= 0.3 is 0 Å². The molecular formula is C16H17BrClFN4O2. The van der Waals surface area contributed by atoms with Crippen molar-refractivity contribution in [3.63, 3.8) is 0 Å². The molecule has 0 spiro atoms. The van der Waals surface area contributed by atoms with Gasteiger partial charge in [0, 0.05) is 37.8 Å². The van der Waals surface area contributed by atoms with Gasteiger partial charge in [0.05, 0.1) is 5.69 Å². The van der Waals surface area contributed by atoms with E-state index in [-0.39, 0.29) is 23.3 Å². The molecule has 0 aromatic heterocycles. The molecule has 1 aromatic carbocycles. The smallest absolute Gasteiger partial charge is 0.237 e. The van der Waals surface area contributed by atoms with Crippen LogP contribution in [0.15, 0.2) is 39.0 Å². The van der Waals surface area contributed by atoms with E-state index in [1.54, 1.807) is 20.2 Å². The van der Waals surface area contributed by atoms with Crippen molar-refractivity contribution in [2.45, 2.75) is 0 Å². The standard InChI is InChI=1S/C16H17BrClFN4O2/c1-20-23(3)14(18)13(17)9-8-22(2)16(25)12(9)15(24)21-11-7-5-4-6-10(11)19/h4-7,9,12H,1,8H2,2-3H3,(H,21,24)/b14-13-/t9-,12-/m0/s1. The molecule has 6 nitrogen and oxygen atoms in total. The van der Waals surface area contributed by atoms with E-state index < -0.39 is 23.6 Å². The first kappa shape index (κ1) is 19.4. The Balaban J connectivity index is 2.32. The fourth-order valence-electron chi connectivity index (χ4n) is 2.56. The first-order valence-corrected chi connectivity index (χ1v) is 8.51. The number of nitrogens with one attached hydrogen (secondary N) is 1. The summed E-state index contributed by atoms with van der Waals surface area (Å²) in [6.45, 7) is 3.67. The highest BCUT2D eigenvalue weighted by Gasteiger charge is 2.45. The SMILES string of the molecule is C=NN(C)/C(Cl)=C(\Br)[C@H]1CN(C)C(=O)[C@@H]1C(=O)Nc1ccccc1F. The van der Waals surface area contributed by atoms with Crippen molar-refractivity contribution in [1.82, 2.24) is 9.91 Å². The molecule has 0 radical (unpaired) electrons. The van der Waals surface area contributed by atoms with Gasteiger partial charge in [0.25, 0.3) is 0 Å². The Hall–Kier alpha value is -1.93. The number of anilines is 1. The third kappa shape index (κ3) is 4.01. The number of rotatable bonds is 5. The zero-order valence-corrected chi connectivity index (χ0v) is 16.0. The quantitative estimate of drug-likeness (QED) is 0.337. The fourth-order valence-corrected chi connectivity index (χ4v) is 3.42. The third-order valence-electron chi connectivity index (χ3n) is 3.95. The second-order valence-electron chi connectivity index (χ2n) is 5.58. The van der Waals surface area contributed by atoms with Crippen LogP contribution in [-0.4, -0.2) is 49.1 Å². The number of nitrogens with zero attached hydrogens (tertiary/aromatic N) is 3. The lowest BCUT2D eigenvalue weighted by Gasteiger charge is -2.20. The van der Waals surface area contributed by atoms with Gasteiger partial charge in [-0.05, 0) is 12.1 Å². The van der Waals surface area contributed by atoms with Crippen LogP contribution in [0.1, 0.15) is 0 Å². The molecule has 0 aliphatic carbocycles. The predicted octanol–water partition coefficient (Wildman–Crippen LogP) is 2.82. The van der Waals surface area contributed by atoms with Crippen LogP contribution in [0.4, 0.5) is 10.1 Å². The van der Waals surface area contributed by atoms with E-state index in [0.29, 0.717) is 4.48 Å². The Morgan fingerprint density at radius 2 is 2.16 bits per heavy atom.